The Kier molecular flexibility index (Phi) is 6.93. The van der Waals surface area contributed by atoms with E-state index in [1.807, 2.05) is 24.3 Å². The van der Waals surface area contributed by atoms with Crippen LogP contribution in [0.3, 0.4) is 0 Å². The molecular formula is C26H25ClN4O4S. The summed E-state index contributed by atoms with van der Waals surface area (Å²) in [6.45, 7) is 0. The number of ether oxygens (including phenoxy) is 2. The molecule has 1 aliphatic rings. The minimum Gasteiger partial charge on any atom is -0.506 e. The number of benzene rings is 1. The van der Waals surface area contributed by atoms with Gasteiger partial charge in [0, 0.05) is 24.2 Å². The van der Waals surface area contributed by atoms with Crippen LogP contribution in [-0.4, -0.2) is 44.6 Å². The molecular weight excluding hydrogens is 500 g/mol. The van der Waals surface area contributed by atoms with Crippen LogP contribution in [0, 0.1) is 0 Å². The third-order valence-corrected chi connectivity index (χ3v) is 7.57. The third-order valence-electron chi connectivity index (χ3n) is 6.40. The number of aromatic hydroxyl groups is 2. The summed E-state index contributed by atoms with van der Waals surface area (Å²) in [5.74, 6) is 0.767. The van der Waals surface area contributed by atoms with Gasteiger partial charge in [0.25, 0.3) is 0 Å². The Bertz CT molecular complexity index is 1370. The van der Waals surface area contributed by atoms with Crippen molar-refractivity contribution in [3.8, 4) is 44.8 Å². The van der Waals surface area contributed by atoms with Crippen molar-refractivity contribution >= 4 is 22.9 Å². The molecule has 0 unspecified atom stereocenters. The minimum atomic E-state index is -0.278. The van der Waals surface area contributed by atoms with Crippen molar-refractivity contribution in [2.24, 2.45) is 0 Å². The molecule has 1 saturated carbocycles. The number of rotatable bonds is 7. The van der Waals surface area contributed by atoms with Gasteiger partial charge in [0.15, 0.2) is 5.01 Å². The predicted octanol–water partition coefficient (Wildman–Crippen LogP) is 5.99. The van der Waals surface area contributed by atoms with E-state index in [2.05, 4.69) is 20.2 Å². The Morgan fingerprint density at radius 1 is 0.972 bits per heavy atom. The topological polar surface area (TPSA) is 110 Å². The highest BCUT2D eigenvalue weighted by atomic mass is 35.5. The number of pyridine rings is 2. The molecule has 4 aromatic rings. The molecule has 3 aromatic heterocycles. The van der Waals surface area contributed by atoms with Gasteiger partial charge in [0.2, 0.25) is 5.88 Å². The van der Waals surface area contributed by atoms with Gasteiger partial charge in [-0.15, -0.1) is 10.2 Å². The Labute approximate surface area is 217 Å². The number of halogens is 1. The monoisotopic (exact) mass is 524 g/mol. The molecule has 0 amide bonds. The number of methoxy groups -OCH3 is 2. The molecule has 1 aliphatic carbocycles. The standard InChI is InChI=1S/C26H25ClN4O4S/c1-34-17-8-5-9-18(35-2)20(17)21-23(14-6-3-4-7-14)29-25(33)22(24(21)32)26-31-30-19(36-26)12-16-11-10-15(27)13-28-16/h5,8-11,13-14H,3-4,6-7,12H2,1-2H3,(H2,29,32,33). The summed E-state index contributed by atoms with van der Waals surface area (Å²) >= 11 is 7.19. The lowest BCUT2D eigenvalue weighted by molar-refractivity contribution is 0.395. The van der Waals surface area contributed by atoms with Gasteiger partial charge in [-0.3, -0.25) is 4.98 Å². The normalized spacial score (nSPS) is 13.8. The quantitative estimate of drug-likeness (QED) is 0.303. The first kappa shape index (κ1) is 24.3. The Balaban J connectivity index is 1.66. The van der Waals surface area contributed by atoms with Crippen LogP contribution < -0.4 is 9.47 Å². The fourth-order valence-electron chi connectivity index (χ4n) is 4.71. The average Bonchev–Trinajstić information content (AvgIpc) is 3.58. The first-order valence-electron chi connectivity index (χ1n) is 11.6. The van der Waals surface area contributed by atoms with Crippen molar-refractivity contribution in [2.75, 3.05) is 14.2 Å². The van der Waals surface area contributed by atoms with Crippen molar-refractivity contribution in [1.29, 1.82) is 0 Å². The predicted molar refractivity (Wildman–Crippen MR) is 138 cm³/mol. The Morgan fingerprint density at radius 3 is 2.33 bits per heavy atom. The van der Waals surface area contributed by atoms with E-state index in [9.17, 15) is 10.2 Å². The summed E-state index contributed by atoms with van der Waals surface area (Å²) < 4.78 is 11.3. The molecule has 0 atom stereocenters. The zero-order chi connectivity index (χ0) is 25.2. The molecule has 0 radical (unpaired) electrons. The van der Waals surface area contributed by atoms with E-state index in [1.165, 1.54) is 11.3 Å². The van der Waals surface area contributed by atoms with E-state index in [0.29, 0.717) is 49.8 Å². The molecule has 1 aromatic carbocycles. The zero-order valence-corrected chi connectivity index (χ0v) is 21.4. The lowest BCUT2D eigenvalue weighted by Crippen LogP contribution is -2.04. The molecule has 36 heavy (non-hydrogen) atoms. The Hall–Kier alpha value is -3.43. The van der Waals surface area contributed by atoms with Crippen LogP contribution in [-0.2, 0) is 6.42 Å². The number of hydrogen-bond donors (Lipinski definition) is 2. The average molecular weight is 525 g/mol. The van der Waals surface area contributed by atoms with E-state index >= 15 is 0 Å². The fraction of sp³-hybridized carbons (Fsp3) is 0.308. The van der Waals surface area contributed by atoms with E-state index in [0.717, 1.165) is 31.4 Å². The van der Waals surface area contributed by atoms with Crippen LogP contribution in [0.15, 0.2) is 36.5 Å². The summed E-state index contributed by atoms with van der Waals surface area (Å²) in [5.41, 5.74) is 2.62. The maximum atomic E-state index is 11.7. The van der Waals surface area contributed by atoms with Crippen LogP contribution in [0.4, 0.5) is 0 Å². The number of aromatic nitrogens is 4. The first-order chi connectivity index (χ1) is 17.5. The van der Waals surface area contributed by atoms with Crippen molar-refractivity contribution in [2.45, 2.75) is 38.0 Å². The molecule has 8 nitrogen and oxygen atoms in total. The molecule has 0 saturated heterocycles. The second-order valence-corrected chi connectivity index (χ2v) is 10.1. The SMILES string of the molecule is COc1cccc(OC)c1-c1c(C2CCCC2)nc(O)c(-c2nnc(Cc3ccc(Cl)cn3)s2)c1O. The molecule has 0 spiro atoms. The van der Waals surface area contributed by atoms with Gasteiger partial charge in [-0.25, -0.2) is 4.98 Å². The lowest BCUT2D eigenvalue weighted by Gasteiger charge is -2.21. The summed E-state index contributed by atoms with van der Waals surface area (Å²) in [6, 6.07) is 9.03. The van der Waals surface area contributed by atoms with Crippen molar-refractivity contribution in [3.63, 3.8) is 0 Å². The smallest absolute Gasteiger partial charge is 0.225 e. The van der Waals surface area contributed by atoms with Gasteiger partial charge in [0.05, 0.1) is 36.1 Å². The first-order valence-corrected chi connectivity index (χ1v) is 12.8. The van der Waals surface area contributed by atoms with E-state index in [1.54, 1.807) is 26.5 Å². The van der Waals surface area contributed by atoms with Crippen LogP contribution in [0.5, 0.6) is 23.1 Å². The van der Waals surface area contributed by atoms with Crippen molar-refractivity contribution in [1.82, 2.24) is 20.2 Å². The van der Waals surface area contributed by atoms with E-state index < -0.39 is 0 Å². The molecule has 5 rings (SSSR count). The summed E-state index contributed by atoms with van der Waals surface area (Å²) in [4.78, 5) is 8.93. The van der Waals surface area contributed by atoms with Crippen LogP contribution in [0.1, 0.15) is 48.0 Å². The van der Waals surface area contributed by atoms with E-state index in [4.69, 9.17) is 21.1 Å². The highest BCUT2D eigenvalue weighted by Crippen LogP contribution is 2.53. The maximum absolute atomic E-state index is 11.7. The maximum Gasteiger partial charge on any atom is 0.225 e. The second kappa shape index (κ2) is 10.3. The summed E-state index contributed by atoms with van der Waals surface area (Å²) in [7, 11) is 3.14. The van der Waals surface area contributed by atoms with Gasteiger partial charge in [-0.05, 0) is 37.1 Å². The molecule has 3 heterocycles. The van der Waals surface area contributed by atoms with E-state index in [-0.39, 0.29) is 23.1 Å². The number of hydrogen-bond acceptors (Lipinski definition) is 9. The molecule has 0 bridgehead atoms. The van der Waals surface area contributed by atoms with Crippen LogP contribution in [0.25, 0.3) is 21.7 Å². The minimum absolute atomic E-state index is 0.0985. The van der Waals surface area contributed by atoms with Gasteiger partial charge < -0.3 is 19.7 Å². The molecule has 186 valence electrons. The van der Waals surface area contributed by atoms with Gasteiger partial charge in [-0.1, -0.05) is 41.8 Å². The van der Waals surface area contributed by atoms with Gasteiger partial charge >= 0.3 is 0 Å². The van der Waals surface area contributed by atoms with Crippen molar-refractivity contribution < 1.29 is 19.7 Å². The zero-order valence-electron chi connectivity index (χ0n) is 19.9. The lowest BCUT2D eigenvalue weighted by atomic mass is 9.91. The largest absolute Gasteiger partial charge is 0.506 e. The van der Waals surface area contributed by atoms with Crippen LogP contribution >= 0.6 is 22.9 Å². The molecule has 2 N–H and O–H groups in total. The second-order valence-electron chi connectivity index (χ2n) is 8.58. The molecule has 10 heteroatoms. The highest BCUT2D eigenvalue weighted by molar-refractivity contribution is 7.14. The third kappa shape index (κ3) is 4.56. The number of nitrogens with zero attached hydrogens (tertiary/aromatic N) is 4. The summed E-state index contributed by atoms with van der Waals surface area (Å²) in [5, 5.41) is 32.8. The molecule has 1 fully saturated rings. The van der Waals surface area contributed by atoms with Crippen LogP contribution in [0.2, 0.25) is 5.02 Å². The van der Waals surface area contributed by atoms with Gasteiger partial charge in [-0.2, -0.15) is 0 Å². The highest BCUT2D eigenvalue weighted by Gasteiger charge is 2.32. The summed E-state index contributed by atoms with van der Waals surface area (Å²) in [6.07, 6.45) is 6.00. The molecule has 0 aliphatic heterocycles. The van der Waals surface area contributed by atoms with Crippen molar-refractivity contribution in [3.05, 3.63) is 57.9 Å². The Morgan fingerprint density at radius 2 is 1.69 bits per heavy atom. The fourth-order valence-corrected chi connectivity index (χ4v) is 5.71. The van der Waals surface area contributed by atoms with Gasteiger partial charge in [0.1, 0.15) is 27.8 Å².